The minimum absolute atomic E-state index is 0.500. The molecule has 0 aromatic carbocycles. The fourth-order valence-corrected chi connectivity index (χ4v) is 3.00. The summed E-state index contributed by atoms with van der Waals surface area (Å²) in [6.45, 7) is 6.90. The van der Waals surface area contributed by atoms with E-state index in [2.05, 4.69) is 51.8 Å². The third-order valence-electron chi connectivity index (χ3n) is 2.61. The molecule has 2 aromatic heterocycles. The van der Waals surface area contributed by atoms with E-state index in [1.807, 2.05) is 5.51 Å². The van der Waals surface area contributed by atoms with E-state index in [1.165, 1.54) is 0 Å². The molecule has 4 nitrogen and oxygen atoms in total. The summed E-state index contributed by atoms with van der Waals surface area (Å²) >= 11 is 3.37. The summed E-state index contributed by atoms with van der Waals surface area (Å²) in [4.78, 5) is 11.2. The number of aromatic nitrogens is 2. The molecule has 0 atom stereocenters. The molecular formula is C13H20N4S2. The van der Waals surface area contributed by atoms with Crippen molar-refractivity contribution < 1.29 is 0 Å². The summed E-state index contributed by atoms with van der Waals surface area (Å²) in [5.74, 6) is 0. The maximum Gasteiger partial charge on any atom is 0.107 e. The zero-order valence-electron chi connectivity index (χ0n) is 11.6. The normalized spacial score (nSPS) is 11.6. The topological polar surface area (TPSA) is 41.1 Å². The quantitative estimate of drug-likeness (QED) is 0.853. The van der Waals surface area contributed by atoms with Crippen LogP contribution in [0, 0.1) is 0 Å². The SMILES string of the molecule is CC(C)NCc1nc(CN(C)Cc2cscn2)cs1. The summed E-state index contributed by atoms with van der Waals surface area (Å²) in [7, 11) is 2.10. The average molecular weight is 296 g/mol. The van der Waals surface area contributed by atoms with E-state index in [-0.39, 0.29) is 0 Å². The van der Waals surface area contributed by atoms with Crippen LogP contribution >= 0.6 is 22.7 Å². The molecule has 0 saturated heterocycles. The van der Waals surface area contributed by atoms with Gasteiger partial charge >= 0.3 is 0 Å². The molecule has 1 N–H and O–H groups in total. The smallest absolute Gasteiger partial charge is 0.107 e. The first-order valence-corrected chi connectivity index (χ1v) is 8.18. The Hall–Kier alpha value is -0.820. The van der Waals surface area contributed by atoms with Crippen LogP contribution in [-0.4, -0.2) is 28.0 Å². The number of hydrogen-bond donors (Lipinski definition) is 1. The van der Waals surface area contributed by atoms with Crippen LogP contribution in [0.25, 0.3) is 0 Å². The highest BCUT2D eigenvalue weighted by Gasteiger charge is 2.07. The number of rotatable bonds is 7. The van der Waals surface area contributed by atoms with Crippen LogP contribution in [0.4, 0.5) is 0 Å². The number of hydrogen-bond acceptors (Lipinski definition) is 6. The molecule has 0 aliphatic heterocycles. The Labute approximate surface area is 122 Å². The Balaban J connectivity index is 1.82. The highest BCUT2D eigenvalue weighted by Crippen LogP contribution is 2.13. The first-order chi connectivity index (χ1) is 9.13. The van der Waals surface area contributed by atoms with Gasteiger partial charge in [-0.25, -0.2) is 9.97 Å². The van der Waals surface area contributed by atoms with Crippen LogP contribution in [0.15, 0.2) is 16.3 Å². The monoisotopic (exact) mass is 296 g/mol. The van der Waals surface area contributed by atoms with Crippen molar-refractivity contribution >= 4 is 22.7 Å². The van der Waals surface area contributed by atoms with Crippen LogP contribution in [0.1, 0.15) is 30.2 Å². The lowest BCUT2D eigenvalue weighted by atomic mass is 10.4. The van der Waals surface area contributed by atoms with E-state index in [9.17, 15) is 0 Å². The molecule has 0 fully saturated rings. The maximum absolute atomic E-state index is 4.65. The third kappa shape index (κ3) is 4.99. The van der Waals surface area contributed by atoms with E-state index in [0.717, 1.165) is 36.0 Å². The molecule has 0 unspecified atom stereocenters. The van der Waals surface area contributed by atoms with Crippen LogP contribution in [0.2, 0.25) is 0 Å². The highest BCUT2D eigenvalue weighted by atomic mass is 32.1. The lowest BCUT2D eigenvalue weighted by Crippen LogP contribution is -2.22. The number of nitrogens with zero attached hydrogens (tertiary/aromatic N) is 3. The Kier molecular flexibility index (Phi) is 5.45. The molecule has 2 aromatic rings. The molecule has 0 spiro atoms. The summed E-state index contributed by atoms with van der Waals surface area (Å²) in [6.07, 6.45) is 0. The van der Waals surface area contributed by atoms with E-state index < -0.39 is 0 Å². The lowest BCUT2D eigenvalue weighted by Gasteiger charge is -2.13. The number of thiazole rings is 2. The van der Waals surface area contributed by atoms with Gasteiger partial charge in [0.1, 0.15) is 5.01 Å². The van der Waals surface area contributed by atoms with Crippen LogP contribution < -0.4 is 5.32 Å². The largest absolute Gasteiger partial charge is 0.308 e. The minimum Gasteiger partial charge on any atom is -0.308 e. The second-order valence-electron chi connectivity index (χ2n) is 4.92. The fraction of sp³-hybridized carbons (Fsp3) is 0.538. The van der Waals surface area contributed by atoms with Crippen molar-refractivity contribution in [2.45, 2.75) is 39.5 Å². The van der Waals surface area contributed by atoms with Crippen molar-refractivity contribution in [2.75, 3.05) is 7.05 Å². The highest BCUT2D eigenvalue weighted by molar-refractivity contribution is 7.09. The van der Waals surface area contributed by atoms with Crippen molar-refractivity contribution in [3.8, 4) is 0 Å². The first kappa shape index (κ1) is 14.6. The summed E-state index contributed by atoms with van der Waals surface area (Å²) in [5, 5.41) is 8.79. The van der Waals surface area contributed by atoms with Crippen molar-refractivity contribution in [3.63, 3.8) is 0 Å². The minimum atomic E-state index is 0.500. The fourth-order valence-electron chi connectivity index (χ4n) is 1.72. The van der Waals surface area contributed by atoms with Crippen LogP contribution in [0.3, 0.4) is 0 Å². The summed E-state index contributed by atoms with van der Waals surface area (Å²) in [6, 6.07) is 0.500. The van der Waals surface area contributed by atoms with Gasteiger partial charge in [-0.15, -0.1) is 22.7 Å². The molecule has 0 aliphatic rings. The Bertz CT molecular complexity index is 479. The zero-order chi connectivity index (χ0) is 13.7. The van der Waals surface area contributed by atoms with Gasteiger partial charge in [-0.2, -0.15) is 0 Å². The van der Waals surface area contributed by atoms with Gasteiger partial charge in [0.25, 0.3) is 0 Å². The molecule has 0 bridgehead atoms. The Morgan fingerprint density at radius 2 is 2.05 bits per heavy atom. The van der Waals surface area contributed by atoms with Crippen LogP contribution in [0.5, 0.6) is 0 Å². The Morgan fingerprint density at radius 3 is 2.74 bits per heavy atom. The van der Waals surface area contributed by atoms with Gasteiger partial charge in [-0.1, -0.05) is 13.8 Å². The second-order valence-corrected chi connectivity index (χ2v) is 6.58. The summed E-state index contributed by atoms with van der Waals surface area (Å²) in [5.41, 5.74) is 4.15. The van der Waals surface area contributed by atoms with Gasteiger partial charge in [-0.05, 0) is 7.05 Å². The van der Waals surface area contributed by atoms with Gasteiger partial charge in [0, 0.05) is 36.4 Å². The molecule has 0 radical (unpaired) electrons. The number of nitrogens with one attached hydrogen (secondary N) is 1. The van der Waals surface area contributed by atoms with Crippen molar-refractivity contribution in [2.24, 2.45) is 0 Å². The van der Waals surface area contributed by atoms with E-state index in [4.69, 9.17) is 0 Å². The van der Waals surface area contributed by atoms with Gasteiger partial charge in [0.05, 0.1) is 16.9 Å². The van der Waals surface area contributed by atoms with Gasteiger partial charge in [0.15, 0.2) is 0 Å². The molecule has 0 saturated carbocycles. The molecule has 2 rings (SSSR count). The molecule has 19 heavy (non-hydrogen) atoms. The lowest BCUT2D eigenvalue weighted by molar-refractivity contribution is 0.312. The van der Waals surface area contributed by atoms with Crippen LogP contribution in [-0.2, 0) is 19.6 Å². The van der Waals surface area contributed by atoms with E-state index in [0.29, 0.717) is 6.04 Å². The molecular weight excluding hydrogens is 276 g/mol. The molecule has 104 valence electrons. The van der Waals surface area contributed by atoms with Gasteiger partial charge in [0.2, 0.25) is 0 Å². The molecule has 0 amide bonds. The zero-order valence-corrected chi connectivity index (χ0v) is 13.2. The summed E-state index contributed by atoms with van der Waals surface area (Å²) < 4.78 is 0. The van der Waals surface area contributed by atoms with Crippen molar-refractivity contribution in [3.05, 3.63) is 32.7 Å². The first-order valence-electron chi connectivity index (χ1n) is 6.35. The van der Waals surface area contributed by atoms with Crippen molar-refractivity contribution in [1.29, 1.82) is 0 Å². The standard InChI is InChI=1S/C13H20N4S2/c1-10(2)14-4-13-16-12(8-19-13)6-17(3)5-11-7-18-9-15-11/h7-10,14H,4-6H2,1-3H3. The van der Waals surface area contributed by atoms with Gasteiger partial charge in [-0.3, -0.25) is 4.90 Å². The average Bonchev–Trinajstić information content (AvgIpc) is 2.98. The predicted molar refractivity (Wildman–Crippen MR) is 81.4 cm³/mol. The third-order valence-corrected chi connectivity index (χ3v) is 4.14. The van der Waals surface area contributed by atoms with E-state index >= 15 is 0 Å². The molecule has 0 aliphatic carbocycles. The molecule has 2 heterocycles. The van der Waals surface area contributed by atoms with Gasteiger partial charge < -0.3 is 5.32 Å². The maximum atomic E-state index is 4.65. The predicted octanol–water partition coefficient (Wildman–Crippen LogP) is 2.73. The second kappa shape index (κ2) is 7.09. The van der Waals surface area contributed by atoms with E-state index in [1.54, 1.807) is 22.7 Å². The molecule has 6 heteroatoms. The Morgan fingerprint density at radius 1 is 1.26 bits per heavy atom. The van der Waals surface area contributed by atoms with Crippen molar-refractivity contribution in [1.82, 2.24) is 20.2 Å².